The van der Waals surface area contributed by atoms with E-state index in [1.807, 2.05) is 13.8 Å². The maximum absolute atomic E-state index is 11.5. The van der Waals surface area contributed by atoms with Crippen LogP contribution in [0.4, 0.5) is 0 Å². The Bertz CT molecular complexity index is 432. The van der Waals surface area contributed by atoms with Crippen LogP contribution >= 0.6 is 0 Å². The lowest BCUT2D eigenvalue weighted by Gasteiger charge is -2.12. The van der Waals surface area contributed by atoms with Crippen molar-refractivity contribution in [3.8, 4) is 5.75 Å². The van der Waals surface area contributed by atoms with Crippen LogP contribution in [-0.2, 0) is 4.79 Å². The van der Waals surface area contributed by atoms with Crippen molar-refractivity contribution in [1.82, 2.24) is 5.32 Å². The second-order valence-corrected chi connectivity index (χ2v) is 4.59. The highest BCUT2D eigenvalue weighted by molar-refractivity contribution is 5.78. The van der Waals surface area contributed by atoms with Gasteiger partial charge in [0.2, 0.25) is 0 Å². The Morgan fingerprint density at radius 3 is 2.47 bits per heavy atom. The summed E-state index contributed by atoms with van der Waals surface area (Å²) in [6, 6.07) is 3.51. The Balaban J connectivity index is 2.58. The lowest BCUT2D eigenvalue weighted by Crippen LogP contribution is -2.29. The Morgan fingerprint density at radius 1 is 1.32 bits per heavy atom. The molecule has 0 aliphatic carbocycles. The number of hydrogen-bond donors (Lipinski definition) is 1. The number of ether oxygens (including phenoxy) is 1. The van der Waals surface area contributed by atoms with Crippen LogP contribution in [0.1, 0.15) is 41.3 Å². The summed E-state index contributed by atoms with van der Waals surface area (Å²) in [5.74, 6) is 0.558. The molecule has 0 bridgehead atoms. The molecule has 0 spiro atoms. The number of amides is 1. The summed E-state index contributed by atoms with van der Waals surface area (Å²) in [7, 11) is 0. The van der Waals surface area contributed by atoms with Crippen LogP contribution in [0.15, 0.2) is 12.1 Å². The standard InChI is InChI=1S/C15H21NO3/c1-4-5-6-16-14(18)10-19-15-11(2)7-13(9-17)8-12(15)3/h7-9H,4-6,10H2,1-3H3,(H,16,18). The number of carbonyl (C=O) groups is 2. The summed E-state index contributed by atoms with van der Waals surface area (Å²) in [6.45, 7) is 6.49. The minimum Gasteiger partial charge on any atom is -0.483 e. The van der Waals surface area contributed by atoms with Gasteiger partial charge in [0.1, 0.15) is 12.0 Å². The molecule has 1 rings (SSSR count). The fourth-order valence-electron chi connectivity index (χ4n) is 1.87. The van der Waals surface area contributed by atoms with Crippen molar-refractivity contribution in [2.24, 2.45) is 0 Å². The minimum atomic E-state index is -0.119. The smallest absolute Gasteiger partial charge is 0.257 e. The second kappa shape index (κ2) is 7.56. The van der Waals surface area contributed by atoms with E-state index in [4.69, 9.17) is 4.74 Å². The van der Waals surface area contributed by atoms with Crippen molar-refractivity contribution in [2.75, 3.05) is 13.2 Å². The molecule has 0 saturated heterocycles. The molecule has 0 aromatic heterocycles. The maximum atomic E-state index is 11.5. The average Bonchev–Trinajstić information content (AvgIpc) is 2.37. The normalized spacial score (nSPS) is 10.1. The van der Waals surface area contributed by atoms with Crippen molar-refractivity contribution in [1.29, 1.82) is 0 Å². The van der Waals surface area contributed by atoms with E-state index in [0.29, 0.717) is 17.9 Å². The zero-order chi connectivity index (χ0) is 14.3. The highest BCUT2D eigenvalue weighted by atomic mass is 16.5. The Labute approximate surface area is 114 Å². The van der Waals surface area contributed by atoms with Crippen LogP contribution in [0, 0.1) is 13.8 Å². The zero-order valence-electron chi connectivity index (χ0n) is 11.8. The number of nitrogens with one attached hydrogen (secondary N) is 1. The zero-order valence-corrected chi connectivity index (χ0v) is 11.8. The highest BCUT2D eigenvalue weighted by Gasteiger charge is 2.08. The molecule has 4 nitrogen and oxygen atoms in total. The van der Waals surface area contributed by atoms with Gasteiger partial charge in [0.25, 0.3) is 5.91 Å². The number of hydrogen-bond acceptors (Lipinski definition) is 3. The predicted octanol–water partition coefficient (Wildman–Crippen LogP) is 2.41. The average molecular weight is 263 g/mol. The fraction of sp³-hybridized carbons (Fsp3) is 0.467. The van der Waals surface area contributed by atoms with Crippen molar-refractivity contribution >= 4 is 12.2 Å². The first kappa shape index (κ1) is 15.2. The first-order valence-electron chi connectivity index (χ1n) is 6.54. The molecule has 1 aromatic carbocycles. The molecule has 0 fully saturated rings. The van der Waals surface area contributed by atoms with Gasteiger partial charge in [0.15, 0.2) is 6.61 Å². The molecule has 0 aliphatic rings. The molecule has 1 N–H and O–H groups in total. The molecule has 4 heteroatoms. The Morgan fingerprint density at radius 2 is 1.95 bits per heavy atom. The van der Waals surface area contributed by atoms with Crippen LogP contribution in [0.2, 0.25) is 0 Å². The van der Waals surface area contributed by atoms with E-state index in [1.165, 1.54) is 0 Å². The van der Waals surface area contributed by atoms with Crippen LogP contribution in [-0.4, -0.2) is 25.3 Å². The van der Waals surface area contributed by atoms with Gasteiger partial charge in [0.05, 0.1) is 0 Å². The molecule has 0 atom stereocenters. The van der Waals surface area contributed by atoms with Gasteiger partial charge in [0, 0.05) is 12.1 Å². The van der Waals surface area contributed by atoms with Gasteiger partial charge in [-0.25, -0.2) is 0 Å². The minimum absolute atomic E-state index is 0.00578. The third-order valence-electron chi connectivity index (χ3n) is 2.82. The SMILES string of the molecule is CCCCNC(=O)COc1c(C)cc(C=O)cc1C. The largest absolute Gasteiger partial charge is 0.483 e. The van der Waals surface area contributed by atoms with Crippen LogP contribution < -0.4 is 10.1 Å². The Hall–Kier alpha value is -1.84. The molecule has 0 radical (unpaired) electrons. The fourth-order valence-corrected chi connectivity index (χ4v) is 1.87. The monoisotopic (exact) mass is 263 g/mol. The molecule has 0 unspecified atom stereocenters. The van der Waals surface area contributed by atoms with Gasteiger partial charge in [-0.2, -0.15) is 0 Å². The quantitative estimate of drug-likeness (QED) is 0.607. The number of aldehydes is 1. The molecule has 0 saturated carbocycles. The first-order valence-corrected chi connectivity index (χ1v) is 6.54. The van der Waals surface area contributed by atoms with E-state index in [0.717, 1.165) is 30.3 Å². The summed E-state index contributed by atoms with van der Waals surface area (Å²) in [4.78, 5) is 22.3. The van der Waals surface area contributed by atoms with Crippen molar-refractivity contribution < 1.29 is 14.3 Å². The van der Waals surface area contributed by atoms with Crippen LogP contribution in [0.5, 0.6) is 5.75 Å². The van der Waals surface area contributed by atoms with E-state index in [9.17, 15) is 9.59 Å². The molecule has 0 heterocycles. The van der Waals surface area contributed by atoms with Gasteiger partial charge in [-0.3, -0.25) is 9.59 Å². The lowest BCUT2D eigenvalue weighted by molar-refractivity contribution is -0.123. The highest BCUT2D eigenvalue weighted by Crippen LogP contribution is 2.24. The van der Waals surface area contributed by atoms with Crippen LogP contribution in [0.25, 0.3) is 0 Å². The molecule has 1 aromatic rings. The first-order chi connectivity index (χ1) is 9.08. The maximum Gasteiger partial charge on any atom is 0.257 e. The summed E-state index contributed by atoms with van der Waals surface area (Å²) < 4.78 is 5.53. The number of aryl methyl sites for hydroxylation is 2. The molecular formula is C15H21NO3. The Kier molecular flexibility index (Phi) is 6.06. The third kappa shape index (κ3) is 4.73. The molecule has 19 heavy (non-hydrogen) atoms. The van der Waals surface area contributed by atoms with E-state index >= 15 is 0 Å². The molecule has 1 amide bonds. The summed E-state index contributed by atoms with van der Waals surface area (Å²) in [6.07, 6.45) is 2.82. The van der Waals surface area contributed by atoms with Gasteiger partial charge in [-0.1, -0.05) is 13.3 Å². The topological polar surface area (TPSA) is 55.4 Å². The van der Waals surface area contributed by atoms with Crippen LogP contribution in [0.3, 0.4) is 0 Å². The van der Waals surface area contributed by atoms with Gasteiger partial charge < -0.3 is 10.1 Å². The van der Waals surface area contributed by atoms with E-state index in [1.54, 1.807) is 12.1 Å². The summed E-state index contributed by atoms with van der Waals surface area (Å²) in [5.41, 5.74) is 2.35. The van der Waals surface area contributed by atoms with Crippen molar-refractivity contribution in [3.05, 3.63) is 28.8 Å². The summed E-state index contributed by atoms with van der Waals surface area (Å²) >= 11 is 0. The number of rotatable bonds is 7. The molecule has 104 valence electrons. The lowest BCUT2D eigenvalue weighted by atomic mass is 10.1. The van der Waals surface area contributed by atoms with E-state index in [2.05, 4.69) is 12.2 Å². The van der Waals surface area contributed by atoms with Crippen molar-refractivity contribution in [2.45, 2.75) is 33.6 Å². The predicted molar refractivity (Wildman–Crippen MR) is 74.7 cm³/mol. The van der Waals surface area contributed by atoms with Gasteiger partial charge in [-0.05, 0) is 43.5 Å². The van der Waals surface area contributed by atoms with Gasteiger partial charge in [-0.15, -0.1) is 0 Å². The molecule has 0 aliphatic heterocycles. The van der Waals surface area contributed by atoms with Gasteiger partial charge >= 0.3 is 0 Å². The third-order valence-corrected chi connectivity index (χ3v) is 2.82. The molecular weight excluding hydrogens is 242 g/mol. The number of benzene rings is 1. The second-order valence-electron chi connectivity index (χ2n) is 4.59. The number of unbranched alkanes of at least 4 members (excludes halogenated alkanes) is 1. The van der Waals surface area contributed by atoms with Crippen molar-refractivity contribution in [3.63, 3.8) is 0 Å². The summed E-state index contributed by atoms with van der Waals surface area (Å²) in [5, 5.41) is 2.80. The van der Waals surface area contributed by atoms with E-state index < -0.39 is 0 Å². The van der Waals surface area contributed by atoms with E-state index in [-0.39, 0.29) is 12.5 Å². The number of carbonyl (C=O) groups excluding carboxylic acids is 2.